The number of carbonyl (C=O) groups excluding carboxylic acids is 1. The molecule has 0 rings (SSSR count). The fourth-order valence-electron chi connectivity index (χ4n) is 2.59. The Labute approximate surface area is 139 Å². The molecule has 0 bridgehead atoms. The Hall–Kier alpha value is -0.370. The normalized spacial score (nSPS) is 11.5. The molecule has 0 amide bonds. The lowest BCUT2D eigenvalue weighted by Gasteiger charge is -2.06. The summed E-state index contributed by atoms with van der Waals surface area (Å²) in [6, 6.07) is 0. The summed E-state index contributed by atoms with van der Waals surface area (Å²) in [5.41, 5.74) is 0. The quantitative estimate of drug-likeness (QED) is 0.318. The van der Waals surface area contributed by atoms with Crippen LogP contribution in [0.4, 0.5) is 0 Å². The van der Waals surface area contributed by atoms with E-state index in [1.807, 2.05) is 0 Å². The number of hydrogen-bond donors (Lipinski definition) is 0. The Bertz CT molecular complexity index is 246. The highest BCUT2D eigenvalue weighted by Gasteiger charge is 2.03. The van der Waals surface area contributed by atoms with Gasteiger partial charge in [-0.05, 0) is 18.3 Å². The molecule has 132 valence electrons. The van der Waals surface area contributed by atoms with Gasteiger partial charge in [-0.3, -0.25) is 4.79 Å². The monoisotopic (exact) mass is 312 g/mol. The molecule has 0 spiro atoms. The van der Waals surface area contributed by atoms with Gasteiger partial charge in [0.05, 0.1) is 0 Å². The van der Waals surface area contributed by atoms with Crippen LogP contribution in [0.25, 0.3) is 0 Å². The van der Waals surface area contributed by atoms with Crippen molar-refractivity contribution in [1.29, 1.82) is 0 Å². The van der Waals surface area contributed by atoms with Gasteiger partial charge in [0, 0.05) is 13.0 Å². The van der Waals surface area contributed by atoms with Gasteiger partial charge in [0.2, 0.25) is 0 Å². The average Bonchev–Trinajstić information content (AvgIpc) is 2.44. The van der Waals surface area contributed by atoms with Gasteiger partial charge in [0.1, 0.15) is 6.61 Å². The molecule has 0 saturated carbocycles. The minimum absolute atomic E-state index is 0.269. The summed E-state index contributed by atoms with van der Waals surface area (Å²) in [5, 5.41) is 0. The number of ether oxygens (including phenoxy) is 1. The van der Waals surface area contributed by atoms with E-state index in [1.165, 1.54) is 57.8 Å². The van der Waals surface area contributed by atoms with Gasteiger partial charge in [-0.2, -0.15) is 0 Å². The Balaban J connectivity index is 3.15. The summed E-state index contributed by atoms with van der Waals surface area (Å²) >= 11 is 0. The maximum Gasteiger partial charge on any atom is 0.158 e. The first kappa shape index (κ1) is 21.6. The van der Waals surface area contributed by atoms with E-state index in [0.717, 1.165) is 12.3 Å². The van der Waals surface area contributed by atoms with Crippen molar-refractivity contribution < 1.29 is 9.53 Å². The minimum atomic E-state index is 0.269. The molecule has 0 saturated heterocycles. The highest BCUT2D eigenvalue weighted by molar-refractivity contribution is 5.79. The number of carbonyl (C=O) groups is 1. The summed E-state index contributed by atoms with van der Waals surface area (Å²) in [4.78, 5) is 11.6. The molecule has 2 nitrogen and oxygen atoms in total. The summed E-state index contributed by atoms with van der Waals surface area (Å²) < 4.78 is 5.36. The molecule has 22 heavy (non-hydrogen) atoms. The van der Waals surface area contributed by atoms with Crippen molar-refractivity contribution >= 4 is 5.78 Å². The van der Waals surface area contributed by atoms with Crippen molar-refractivity contribution in [3.8, 4) is 0 Å². The molecule has 0 N–H and O–H groups in total. The van der Waals surface area contributed by atoms with E-state index < -0.39 is 0 Å². The fourth-order valence-corrected chi connectivity index (χ4v) is 2.59. The molecule has 0 fully saturated rings. The first-order valence-corrected chi connectivity index (χ1v) is 9.61. The molecule has 0 atom stereocenters. The van der Waals surface area contributed by atoms with E-state index in [9.17, 15) is 4.79 Å². The predicted octanol–water partition coefficient (Wildman–Crippen LogP) is 6.18. The van der Waals surface area contributed by atoms with Gasteiger partial charge in [-0.15, -0.1) is 0 Å². The maximum atomic E-state index is 11.6. The van der Waals surface area contributed by atoms with Crippen LogP contribution in [0.5, 0.6) is 0 Å². The summed E-state index contributed by atoms with van der Waals surface area (Å²) in [6.07, 6.45) is 13.9. The number of hydrogen-bond acceptors (Lipinski definition) is 2. The zero-order chi connectivity index (χ0) is 16.6. The molecular weight excluding hydrogens is 272 g/mol. The second kappa shape index (κ2) is 15.5. The largest absolute Gasteiger partial charge is 0.373 e. The number of ketones is 1. The Morgan fingerprint density at radius 1 is 0.727 bits per heavy atom. The first-order valence-electron chi connectivity index (χ1n) is 9.61. The van der Waals surface area contributed by atoms with Crippen LogP contribution in [0.2, 0.25) is 0 Å². The maximum absolute atomic E-state index is 11.6. The first-order chi connectivity index (χ1) is 10.5. The van der Waals surface area contributed by atoms with Crippen LogP contribution in [0, 0.1) is 11.8 Å². The molecule has 0 aromatic carbocycles. The molecular formula is C20H40O2. The third kappa shape index (κ3) is 17.7. The third-order valence-electron chi connectivity index (χ3n) is 3.95. The molecule has 2 heteroatoms. The molecule has 0 aromatic heterocycles. The van der Waals surface area contributed by atoms with Crippen molar-refractivity contribution in [3.63, 3.8) is 0 Å². The van der Waals surface area contributed by atoms with E-state index in [-0.39, 0.29) is 5.78 Å². The van der Waals surface area contributed by atoms with E-state index in [1.54, 1.807) is 0 Å². The van der Waals surface area contributed by atoms with Gasteiger partial charge in [0.25, 0.3) is 0 Å². The van der Waals surface area contributed by atoms with E-state index >= 15 is 0 Å². The fraction of sp³-hybridized carbons (Fsp3) is 0.950. The van der Waals surface area contributed by atoms with Crippen molar-refractivity contribution in [3.05, 3.63) is 0 Å². The van der Waals surface area contributed by atoms with Crippen molar-refractivity contribution in [2.24, 2.45) is 11.8 Å². The van der Waals surface area contributed by atoms with Crippen LogP contribution in [0.15, 0.2) is 0 Å². The van der Waals surface area contributed by atoms with Crippen molar-refractivity contribution in [1.82, 2.24) is 0 Å². The van der Waals surface area contributed by atoms with E-state index in [2.05, 4.69) is 27.7 Å². The smallest absolute Gasteiger partial charge is 0.158 e. The Morgan fingerprint density at radius 3 is 1.73 bits per heavy atom. The number of rotatable bonds is 16. The van der Waals surface area contributed by atoms with Gasteiger partial charge >= 0.3 is 0 Å². The van der Waals surface area contributed by atoms with Crippen LogP contribution >= 0.6 is 0 Å². The van der Waals surface area contributed by atoms with Gasteiger partial charge < -0.3 is 4.74 Å². The zero-order valence-corrected chi connectivity index (χ0v) is 15.7. The van der Waals surface area contributed by atoms with Crippen LogP contribution < -0.4 is 0 Å². The highest BCUT2D eigenvalue weighted by atomic mass is 16.5. The molecule has 0 aliphatic rings. The van der Waals surface area contributed by atoms with E-state index in [4.69, 9.17) is 4.74 Å². The van der Waals surface area contributed by atoms with Crippen LogP contribution in [-0.2, 0) is 9.53 Å². The molecule has 0 aliphatic carbocycles. The summed E-state index contributed by atoms with van der Waals surface area (Å²) in [7, 11) is 0. The minimum Gasteiger partial charge on any atom is -0.373 e. The Kier molecular flexibility index (Phi) is 15.3. The van der Waals surface area contributed by atoms with Gasteiger partial charge in [0.15, 0.2) is 5.78 Å². The lowest BCUT2D eigenvalue weighted by molar-refractivity contribution is -0.124. The topological polar surface area (TPSA) is 26.3 Å². The second-order valence-corrected chi connectivity index (χ2v) is 7.56. The van der Waals surface area contributed by atoms with Crippen molar-refractivity contribution in [2.45, 2.75) is 98.3 Å². The Morgan fingerprint density at radius 2 is 1.23 bits per heavy atom. The lowest BCUT2D eigenvalue weighted by atomic mass is 10.0. The third-order valence-corrected chi connectivity index (χ3v) is 3.95. The summed E-state index contributed by atoms with van der Waals surface area (Å²) in [6.45, 7) is 9.84. The molecule has 0 radical (unpaired) electrons. The van der Waals surface area contributed by atoms with Gasteiger partial charge in [-0.25, -0.2) is 0 Å². The zero-order valence-electron chi connectivity index (χ0n) is 15.7. The van der Waals surface area contributed by atoms with Crippen molar-refractivity contribution in [2.75, 3.05) is 13.2 Å². The van der Waals surface area contributed by atoms with Crippen LogP contribution in [0.1, 0.15) is 98.3 Å². The summed E-state index contributed by atoms with van der Waals surface area (Å²) in [5.74, 6) is 1.64. The van der Waals surface area contributed by atoms with Crippen LogP contribution in [-0.4, -0.2) is 19.0 Å². The molecule has 0 heterocycles. The standard InChI is InChI=1S/C20H40O2/c1-18(2)14-12-10-8-6-5-7-9-11-13-15-20(21)17-22-16-19(3)4/h18-19H,5-17H2,1-4H3. The molecule has 0 unspecified atom stereocenters. The lowest BCUT2D eigenvalue weighted by Crippen LogP contribution is -2.11. The highest BCUT2D eigenvalue weighted by Crippen LogP contribution is 2.13. The second-order valence-electron chi connectivity index (χ2n) is 7.56. The van der Waals surface area contributed by atoms with E-state index in [0.29, 0.717) is 25.6 Å². The molecule has 0 aromatic rings. The van der Waals surface area contributed by atoms with Gasteiger partial charge in [-0.1, -0.05) is 85.5 Å². The SMILES string of the molecule is CC(C)CCCCCCCCCCCC(=O)COCC(C)C. The predicted molar refractivity (Wildman–Crippen MR) is 96.3 cm³/mol. The average molecular weight is 313 g/mol. The molecule has 0 aliphatic heterocycles. The number of Topliss-reactive ketones (excluding diaryl/α,β-unsaturated/α-hetero) is 1. The van der Waals surface area contributed by atoms with Crippen LogP contribution in [0.3, 0.4) is 0 Å². The number of unbranched alkanes of at least 4 members (excludes halogenated alkanes) is 8.